The van der Waals surface area contributed by atoms with E-state index in [4.69, 9.17) is 9.88 Å². The van der Waals surface area contributed by atoms with Gasteiger partial charge in [-0.25, -0.2) is 14.2 Å². The number of hydrogen-bond donors (Lipinski definition) is 2. The van der Waals surface area contributed by atoms with Crippen LogP contribution < -0.4 is 15.2 Å². The minimum absolute atomic E-state index is 0.339. The summed E-state index contributed by atoms with van der Waals surface area (Å²) in [7, 11) is -1.34. The van der Waals surface area contributed by atoms with Crippen molar-refractivity contribution in [3.05, 3.63) is 66.5 Å². The molecule has 6 nitrogen and oxygen atoms in total. The fourth-order valence-corrected chi connectivity index (χ4v) is 3.05. The van der Waals surface area contributed by atoms with Gasteiger partial charge in [-0.05, 0) is 36.8 Å². The van der Waals surface area contributed by atoms with Crippen molar-refractivity contribution >= 4 is 22.5 Å². The second-order valence-corrected chi connectivity index (χ2v) is 6.61. The first-order chi connectivity index (χ1) is 12.7. The molecule has 134 valence electrons. The van der Waals surface area contributed by atoms with Crippen LogP contribution in [0.25, 0.3) is 11.3 Å². The average Bonchev–Trinajstić information content (AvgIpc) is 2.64. The summed E-state index contributed by atoms with van der Waals surface area (Å²) in [6.07, 6.45) is 1.52. The zero-order valence-corrected chi connectivity index (χ0v) is 15.2. The van der Waals surface area contributed by atoms with Crippen LogP contribution in [0.15, 0.2) is 60.9 Å². The predicted octanol–water partition coefficient (Wildman–Crippen LogP) is 3.41. The zero-order chi connectivity index (χ0) is 18.4. The number of nitrogens with two attached hydrogens (primary N) is 1. The van der Waals surface area contributed by atoms with Crippen molar-refractivity contribution in [1.82, 2.24) is 9.97 Å². The smallest absolute Gasteiger partial charge is 0.134 e. The van der Waals surface area contributed by atoms with Gasteiger partial charge in [-0.15, -0.1) is 0 Å². The van der Waals surface area contributed by atoms with Crippen LogP contribution in [0.1, 0.15) is 12.5 Å². The van der Waals surface area contributed by atoms with Crippen LogP contribution in [-0.4, -0.2) is 20.8 Å². The van der Waals surface area contributed by atoms with E-state index in [1.807, 2.05) is 61.5 Å². The molecule has 0 bridgehead atoms. The highest BCUT2D eigenvalue weighted by atomic mass is 32.2. The lowest BCUT2D eigenvalue weighted by atomic mass is 10.1. The number of hydrogen-bond acceptors (Lipinski definition) is 5. The number of nitrogens with zero attached hydrogens (tertiary/aromatic N) is 2. The number of nitrogens with one attached hydrogen (secondary N) is 1. The molecule has 0 saturated heterocycles. The second-order valence-electron chi connectivity index (χ2n) is 5.56. The predicted molar refractivity (Wildman–Crippen MR) is 104 cm³/mol. The largest absolute Gasteiger partial charge is 0.493 e. The Morgan fingerprint density at radius 1 is 1.12 bits per heavy atom. The number of benzene rings is 2. The number of rotatable bonds is 7. The van der Waals surface area contributed by atoms with Gasteiger partial charge in [0, 0.05) is 17.3 Å². The van der Waals surface area contributed by atoms with Crippen molar-refractivity contribution in [3.8, 4) is 17.0 Å². The van der Waals surface area contributed by atoms with Crippen molar-refractivity contribution in [1.29, 1.82) is 0 Å². The van der Waals surface area contributed by atoms with E-state index in [2.05, 4.69) is 15.3 Å². The summed E-state index contributed by atoms with van der Waals surface area (Å²) in [6.45, 7) is 2.54. The van der Waals surface area contributed by atoms with E-state index in [0.717, 1.165) is 28.3 Å². The SMILES string of the molecule is CCOc1ccccc1-c1cc(Nc2ccc(CS(N)=O)cc2)ncn1. The summed E-state index contributed by atoms with van der Waals surface area (Å²) in [6, 6.07) is 17.2. The molecule has 1 heterocycles. The third-order valence-electron chi connectivity index (χ3n) is 3.67. The molecule has 3 rings (SSSR count). The number of para-hydroxylation sites is 1. The van der Waals surface area contributed by atoms with Crippen LogP contribution in [0, 0.1) is 0 Å². The Bertz CT molecular complexity index is 900. The molecule has 0 aliphatic rings. The summed E-state index contributed by atoms with van der Waals surface area (Å²) in [5, 5.41) is 8.57. The first-order valence-corrected chi connectivity index (χ1v) is 9.57. The lowest BCUT2D eigenvalue weighted by Crippen LogP contribution is -2.05. The Labute approximate surface area is 155 Å². The molecule has 1 aromatic heterocycles. The Morgan fingerprint density at radius 2 is 1.88 bits per heavy atom. The molecule has 0 saturated carbocycles. The number of aromatic nitrogens is 2. The molecule has 2 aromatic carbocycles. The van der Waals surface area contributed by atoms with Gasteiger partial charge in [0.05, 0.1) is 29.0 Å². The summed E-state index contributed by atoms with van der Waals surface area (Å²) in [4.78, 5) is 8.64. The van der Waals surface area contributed by atoms with Gasteiger partial charge in [0.25, 0.3) is 0 Å². The van der Waals surface area contributed by atoms with Crippen LogP contribution in [0.5, 0.6) is 5.75 Å². The van der Waals surface area contributed by atoms with Crippen molar-refractivity contribution < 1.29 is 8.95 Å². The maximum absolute atomic E-state index is 11.1. The normalized spacial score (nSPS) is 11.8. The van der Waals surface area contributed by atoms with E-state index >= 15 is 0 Å². The summed E-state index contributed by atoms with van der Waals surface area (Å²) in [5.41, 5.74) is 3.49. The van der Waals surface area contributed by atoms with Gasteiger partial charge in [-0.1, -0.05) is 24.3 Å². The molecule has 0 fully saturated rings. The average molecular weight is 368 g/mol. The van der Waals surface area contributed by atoms with Gasteiger partial charge in [-0.2, -0.15) is 0 Å². The van der Waals surface area contributed by atoms with E-state index in [-0.39, 0.29) is 0 Å². The number of anilines is 2. The third-order valence-corrected chi connectivity index (χ3v) is 4.28. The van der Waals surface area contributed by atoms with Gasteiger partial charge in [-0.3, -0.25) is 5.14 Å². The zero-order valence-electron chi connectivity index (χ0n) is 14.4. The molecule has 1 atom stereocenters. The lowest BCUT2D eigenvalue weighted by Gasteiger charge is -2.11. The Morgan fingerprint density at radius 3 is 2.62 bits per heavy atom. The summed E-state index contributed by atoms with van der Waals surface area (Å²) >= 11 is 0. The Kier molecular flexibility index (Phi) is 5.93. The molecule has 26 heavy (non-hydrogen) atoms. The molecule has 7 heteroatoms. The lowest BCUT2D eigenvalue weighted by molar-refractivity contribution is 0.341. The van der Waals surface area contributed by atoms with E-state index in [9.17, 15) is 4.21 Å². The highest BCUT2D eigenvalue weighted by Gasteiger charge is 2.08. The molecule has 3 aromatic rings. The van der Waals surface area contributed by atoms with Crippen LogP contribution in [0.2, 0.25) is 0 Å². The van der Waals surface area contributed by atoms with E-state index in [1.165, 1.54) is 6.33 Å². The van der Waals surface area contributed by atoms with Crippen LogP contribution >= 0.6 is 0 Å². The van der Waals surface area contributed by atoms with Crippen LogP contribution in [0.4, 0.5) is 11.5 Å². The first kappa shape index (κ1) is 18.0. The van der Waals surface area contributed by atoms with Gasteiger partial charge < -0.3 is 10.1 Å². The van der Waals surface area contributed by atoms with Crippen LogP contribution in [0.3, 0.4) is 0 Å². The standard InChI is InChI=1S/C19H20N4O2S/c1-2-25-18-6-4-3-5-16(18)17-11-19(22-13-21-17)23-15-9-7-14(8-10-15)12-26(20)24/h3-11,13H,2,12,20H2,1H3,(H,21,22,23). The maximum Gasteiger partial charge on any atom is 0.134 e. The molecule has 1 unspecified atom stereocenters. The maximum atomic E-state index is 11.1. The summed E-state index contributed by atoms with van der Waals surface area (Å²) in [5.74, 6) is 1.81. The van der Waals surface area contributed by atoms with Crippen molar-refractivity contribution in [3.63, 3.8) is 0 Å². The van der Waals surface area contributed by atoms with Gasteiger partial charge in [0.2, 0.25) is 0 Å². The quantitative estimate of drug-likeness (QED) is 0.667. The molecule has 0 aliphatic carbocycles. The highest BCUT2D eigenvalue weighted by Crippen LogP contribution is 2.29. The summed E-state index contributed by atoms with van der Waals surface area (Å²) < 4.78 is 16.8. The first-order valence-electron chi connectivity index (χ1n) is 8.18. The Balaban J connectivity index is 1.81. The van der Waals surface area contributed by atoms with Crippen molar-refractivity contribution in [2.75, 3.05) is 11.9 Å². The molecule has 3 N–H and O–H groups in total. The van der Waals surface area contributed by atoms with Crippen molar-refractivity contribution in [2.24, 2.45) is 5.14 Å². The molecule has 0 amide bonds. The van der Waals surface area contributed by atoms with Crippen molar-refractivity contribution in [2.45, 2.75) is 12.7 Å². The van der Waals surface area contributed by atoms with Gasteiger partial charge in [0.1, 0.15) is 17.9 Å². The molecule has 0 spiro atoms. The van der Waals surface area contributed by atoms with E-state index in [1.54, 1.807) is 0 Å². The fraction of sp³-hybridized carbons (Fsp3) is 0.158. The van der Waals surface area contributed by atoms with E-state index < -0.39 is 11.0 Å². The highest BCUT2D eigenvalue weighted by molar-refractivity contribution is 7.81. The minimum Gasteiger partial charge on any atom is -0.493 e. The van der Waals surface area contributed by atoms with Gasteiger partial charge >= 0.3 is 0 Å². The fourth-order valence-electron chi connectivity index (χ4n) is 2.53. The molecule has 0 radical (unpaired) electrons. The molecular formula is C19H20N4O2S. The topological polar surface area (TPSA) is 90.1 Å². The third kappa shape index (κ3) is 4.65. The number of ether oxygens (including phenoxy) is 1. The monoisotopic (exact) mass is 368 g/mol. The molecular weight excluding hydrogens is 348 g/mol. The second kappa shape index (κ2) is 8.55. The Hall–Kier alpha value is -2.77. The van der Waals surface area contributed by atoms with Gasteiger partial charge in [0.15, 0.2) is 0 Å². The molecule has 0 aliphatic heterocycles. The van der Waals surface area contributed by atoms with E-state index in [0.29, 0.717) is 18.2 Å². The van der Waals surface area contributed by atoms with Crippen LogP contribution in [-0.2, 0) is 16.7 Å². The minimum atomic E-state index is -1.34.